The highest BCUT2D eigenvalue weighted by Gasteiger charge is 2.32. The minimum atomic E-state index is -0.0226. The molecule has 2 aromatic rings. The quantitative estimate of drug-likeness (QED) is 0.0803. The number of fused-ring (bicyclic) bond motifs is 2. The number of aliphatic hydroxyl groups excluding tert-OH is 6. The molecule has 0 unspecified atom stereocenters. The van der Waals surface area contributed by atoms with E-state index in [4.69, 9.17) is 0 Å². The van der Waals surface area contributed by atoms with E-state index in [0.717, 1.165) is 51.9 Å². The highest BCUT2D eigenvalue weighted by Crippen LogP contribution is 2.50. The van der Waals surface area contributed by atoms with Crippen LogP contribution in [-0.4, -0.2) is 145 Å². The van der Waals surface area contributed by atoms with Crippen LogP contribution >= 0.6 is 0 Å². The summed E-state index contributed by atoms with van der Waals surface area (Å²) >= 11 is 0. The van der Waals surface area contributed by atoms with Gasteiger partial charge in [-0.05, 0) is 71.9 Å². The summed E-state index contributed by atoms with van der Waals surface area (Å²) in [4.78, 5) is 4.96. The Morgan fingerprint density at radius 3 is 0.980 bits per heavy atom. The maximum atomic E-state index is 9.80. The molecule has 0 fully saturated rings. The summed E-state index contributed by atoms with van der Waals surface area (Å²) < 4.78 is 1.03. The molecule has 10 nitrogen and oxygen atoms in total. The lowest BCUT2D eigenvalue weighted by molar-refractivity contribution is -0.929. The van der Waals surface area contributed by atoms with Crippen LogP contribution in [-0.2, 0) is 10.8 Å². The van der Waals surface area contributed by atoms with E-state index >= 15 is 0 Å². The van der Waals surface area contributed by atoms with Gasteiger partial charge in [0.2, 0.25) is 0 Å². The molecule has 10 heteroatoms. The van der Waals surface area contributed by atoms with Gasteiger partial charge >= 0.3 is 0 Å². The molecule has 3 rings (SSSR count). The van der Waals surface area contributed by atoms with Gasteiger partial charge in [0, 0.05) is 13.1 Å². The lowest BCUT2D eigenvalue weighted by Crippen LogP contribution is -2.54. The average Bonchev–Trinajstić information content (AvgIpc) is 3.05. The second kappa shape index (κ2) is 19.0. The highest BCUT2D eigenvalue weighted by molar-refractivity contribution is 5.94. The van der Waals surface area contributed by atoms with Gasteiger partial charge in [-0.15, -0.1) is 0 Å². The number of aliphatic hydroxyl groups is 6. The zero-order valence-electron chi connectivity index (χ0n) is 32.1. The van der Waals surface area contributed by atoms with Crippen LogP contribution < -0.4 is 9.80 Å². The van der Waals surface area contributed by atoms with Crippen molar-refractivity contribution in [3.63, 3.8) is 0 Å². The number of benzene rings is 2. The average molecular weight is 703 g/mol. The van der Waals surface area contributed by atoms with Gasteiger partial charge in [0.05, 0.1) is 75.5 Å². The molecule has 0 atom stereocenters. The maximum absolute atomic E-state index is 9.80. The smallest absolute Gasteiger partial charge is 0.102 e. The minimum Gasteiger partial charge on any atom is -0.391 e. The Morgan fingerprint density at radius 1 is 0.420 bits per heavy atom. The maximum Gasteiger partial charge on any atom is 0.102 e. The van der Waals surface area contributed by atoms with E-state index in [1.807, 2.05) is 0 Å². The largest absolute Gasteiger partial charge is 0.391 e. The van der Waals surface area contributed by atoms with Crippen LogP contribution in [0.4, 0.5) is 22.7 Å². The third-order valence-electron chi connectivity index (χ3n) is 10.8. The van der Waals surface area contributed by atoms with E-state index in [1.54, 1.807) is 0 Å². The Bertz CT molecular complexity index is 1170. The number of hydrogen-bond acceptors (Lipinski definition) is 8. The van der Waals surface area contributed by atoms with E-state index < -0.39 is 0 Å². The first kappa shape index (κ1) is 42.1. The third-order valence-corrected chi connectivity index (χ3v) is 10.8. The molecule has 0 aromatic heterocycles. The van der Waals surface area contributed by atoms with Crippen LogP contribution in [0.3, 0.4) is 0 Å². The summed E-state index contributed by atoms with van der Waals surface area (Å²) in [6.07, 6.45) is 3.64. The number of unbranched alkanes of at least 4 members (excludes halogenated alkanes) is 2. The Balaban J connectivity index is 1.99. The van der Waals surface area contributed by atoms with Crippen LogP contribution in [0.2, 0.25) is 0 Å². The minimum absolute atomic E-state index is 0.0226. The third kappa shape index (κ3) is 10.9. The molecule has 0 saturated carbocycles. The predicted molar refractivity (Wildman–Crippen MR) is 205 cm³/mol. The SMILES string of the molecule is CC(C)(C)c1ccc2c(c1)N(CCCC[N+](CCO)(CCO)CCO)c1ccc(C(C)(C)C)cc1N2CCCC[N+](CCO)(CCO)CCO. The van der Waals surface area contributed by atoms with E-state index in [2.05, 4.69) is 87.7 Å². The van der Waals surface area contributed by atoms with Gasteiger partial charge in [-0.25, -0.2) is 0 Å². The van der Waals surface area contributed by atoms with Gasteiger partial charge in [-0.3, -0.25) is 0 Å². The topological polar surface area (TPSA) is 128 Å². The Morgan fingerprint density at radius 2 is 0.720 bits per heavy atom. The van der Waals surface area contributed by atoms with E-state index in [9.17, 15) is 30.6 Å². The Labute approximate surface area is 302 Å². The van der Waals surface area contributed by atoms with Gasteiger partial charge < -0.3 is 49.4 Å². The second-order valence-corrected chi connectivity index (χ2v) is 16.4. The van der Waals surface area contributed by atoms with Gasteiger partial charge in [0.1, 0.15) is 39.3 Å². The van der Waals surface area contributed by atoms with E-state index in [-0.39, 0.29) is 50.5 Å². The molecule has 1 heterocycles. The molecule has 0 saturated heterocycles. The summed E-state index contributed by atoms with van der Waals surface area (Å²) in [7, 11) is 0. The molecule has 0 aliphatic carbocycles. The summed E-state index contributed by atoms with van der Waals surface area (Å²) in [5.74, 6) is 0. The molecule has 284 valence electrons. The van der Waals surface area contributed by atoms with Crippen molar-refractivity contribution in [1.29, 1.82) is 0 Å². The molecule has 2 aromatic carbocycles. The summed E-state index contributed by atoms with van der Waals surface area (Å²) in [6, 6.07) is 13.8. The van der Waals surface area contributed by atoms with Crippen molar-refractivity contribution in [2.45, 2.75) is 78.1 Å². The van der Waals surface area contributed by atoms with E-state index in [1.165, 1.54) is 33.9 Å². The molecule has 0 bridgehead atoms. The lowest BCUT2D eigenvalue weighted by atomic mass is 9.85. The van der Waals surface area contributed by atoms with Gasteiger partial charge in [-0.2, -0.15) is 0 Å². The van der Waals surface area contributed by atoms with E-state index in [0.29, 0.717) is 48.2 Å². The highest BCUT2D eigenvalue weighted by atomic mass is 16.3. The molecular weight excluding hydrogens is 632 g/mol. The van der Waals surface area contributed by atoms with Crippen molar-refractivity contribution < 1.29 is 39.6 Å². The van der Waals surface area contributed by atoms with Crippen LogP contribution in [0.5, 0.6) is 0 Å². The first-order chi connectivity index (χ1) is 23.7. The second-order valence-electron chi connectivity index (χ2n) is 16.4. The lowest BCUT2D eigenvalue weighted by Gasteiger charge is -2.42. The zero-order chi connectivity index (χ0) is 37.0. The summed E-state index contributed by atoms with van der Waals surface area (Å²) in [6.45, 7) is 20.0. The standard InChI is InChI=1S/C40H70N4O6/c1-39(2,3)33-11-13-35-37(31-33)41(15-7-9-17-43(19-25-45,20-26-46)21-27-47)36-14-12-34(40(4,5)6)32-38(36)42(35)16-8-10-18-44(22-28-48,23-29-49)24-30-50/h11-14,31-32,45-50H,7-10,15-30H2,1-6H3/q+2. The molecule has 0 amide bonds. The fourth-order valence-corrected chi connectivity index (χ4v) is 7.66. The molecular formula is C40H70N4O6+2. The van der Waals surface area contributed by atoms with Crippen molar-refractivity contribution in [1.82, 2.24) is 0 Å². The zero-order valence-corrected chi connectivity index (χ0v) is 32.1. The first-order valence-electron chi connectivity index (χ1n) is 18.9. The van der Waals surface area contributed by atoms with Crippen LogP contribution in [0.25, 0.3) is 0 Å². The molecule has 0 spiro atoms. The Kier molecular flexibility index (Phi) is 16.0. The fourth-order valence-electron chi connectivity index (χ4n) is 7.66. The number of anilines is 4. The molecule has 1 aliphatic rings. The molecule has 50 heavy (non-hydrogen) atoms. The monoisotopic (exact) mass is 703 g/mol. The van der Waals surface area contributed by atoms with Gasteiger partial charge in [0.25, 0.3) is 0 Å². The van der Waals surface area contributed by atoms with Gasteiger partial charge in [0.15, 0.2) is 0 Å². The van der Waals surface area contributed by atoms with Crippen LogP contribution in [0.1, 0.15) is 78.4 Å². The van der Waals surface area contributed by atoms with Crippen molar-refractivity contribution in [2.75, 3.05) is 115 Å². The Hall–Kier alpha value is -2.28. The van der Waals surface area contributed by atoms with Crippen molar-refractivity contribution >= 4 is 22.7 Å². The predicted octanol–water partition coefficient (Wildman–Crippen LogP) is 4.02. The van der Waals surface area contributed by atoms with Crippen molar-refractivity contribution in [3.8, 4) is 0 Å². The number of rotatable bonds is 22. The first-order valence-corrected chi connectivity index (χ1v) is 18.9. The molecule has 6 N–H and O–H groups in total. The number of nitrogens with zero attached hydrogens (tertiary/aromatic N) is 4. The normalized spacial score (nSPS) is 13.9. The number of quaternary nitrogens is 2. The summed E-state index contributed by atoms with van der Waals surface area (Å²) in [5, 5.41) is 58.8. The number of hydrogen-bond donors (Lipinski definition) is 6. The van der Waals surface area contributed by atoms with Crippen molar-refractivity contribution in [2.24, 2.45) is 0 Å². The molecule has 1 aliphatic heterocycles. The van der Waals surface area contributed by atoms with Crippen LogP contribution in [0.15, 0.2) is 36.4 Å². The summed E-state index contributed by atoms with van der Waals surface area (Å²) in [5.41, 5.74) is 7.27. The molecule has 0 radical (unpaired) electrons. The fraction of sp³-hybridized carbons (Fsp3) is 0.700. The van der Waals surface area contributed by atoms with Crippen molar-refractivity contribution in [3.05, 3.63) is 47.5 Å². The van der Waals surface area contributed by atoms with Gasteiger partial charge in [-0.1, -0.05) is 53.7 Å². The van der Waals surface area contributed by atoms with Crippen LogP contribution in [0, 0.1) is 0 Å².